The van der Waals surface area contributed by atoms with E-state index in [0.717, 1.165) is 9.13 Å². The fraction of sp³-hybridized carbons (Fsp3) is 0.500. The van der Waals surface area contributed by atoms with Gasteiger partial charge in [-0.25, -0.2) is 18.2 Å². The van der Waals surface area contributed by atoms with Gasteiger partial charge in [-0.1, -0.05) is 39.8 Å². The van der Waals surface area contributed by atoms with Crippen molar-refractivity contribution in [1.82, 2.24) is 9.13 Å². The van der Waals surface area contributed by atoms with Gasteiger partial charge in [-0.05, 0) is 36.8 Å². The number of rotatable bonds is 7. The first-order valence-electron chi connectivity index (χ1n) is 10.5. The zero-order valence-electron chi connectivity index (χ0n) is 18.3. The number of aromatic hydroxyl groups is 1. The van der Waals surface area contributed by atoms with Gasteiger partial charge in [0.1, 0.15) is 5.56 Å². The van der Waals surface area contributed by atoms with E-state index in [1.165, 1.54) is 6.07 Å². The predicted molar refractivity (Wildman–Crippen MR) is 120 cm³/mol. The molecule has 0 atom stereocenters. The average Bonchev–Trinajstić information content (AvgIpc) is 2.67. The summed E-state index contributed by atoms with van der Waals surface area (Å²) in [4.78, 5) is 30.7. The van der Waals surface area contributed by atoms with Crippen molar-refractivity contribution < 1.29 is 13.5 Å². The average molecular weight is 448 g/mol. The Morgan fingerprint density at radius 3 is 2.19 bits per heavy atom. The second-order valence-electron chi connectivity index (χ2n) is 8.74. The van der Waals surface area contributed by atoms with Crippen LogP contribution >= 0.6 is 0 Å². The molecular weight excluding hydrogens is 418 g/mol. The Morgan fingerprint density at radius 2 is 1.58 bits per heavy atom. The molecular formula is C22H29N3O5S. The van der Waals surface area contributed by atoms with E-state index in [1.807, 2.05) is 27.7 Å². The number of hydrogen-bond donors (Lipinski definition) is 1. The SMILES string of the molecule is CC(C)CCn1c(O)c(C2=Nc3ccccc3S(=O)(=O)C2)c(=O)n(CCC(C)C)c1=O. The smallest absolute Gasteiger partial charge is 0.333 e. The van der Waals surface area contributed by atoms with Crippen LogP contribution in [0.15, 0.2) is 43.7 Å². The van der Waals surface area contributed by atoms with Crippen molar-refractivity contribution in [2.45, 2.75) is 58.5 Å². The maximum absolute atomic E-state index is 13.2. The van der Waals surface area contributed by atoms with Gasteiger partial charge in [0.2, 0.25) is 5.88 Å². The lowest BCUT2D eigenvalue weighted by atomic mass is 10.1. The molecule has 168 valence electrons. The number of benzene rings is 1. The minimum absolute atomic E-state index is 0.0437. The molecule has 0 spiro atoms. The highest BCUT2D eigenvalue weighted by atomic mass is 32.2. The highest BCUT2D eigenvalue weighted by Crippen LogP contribution is 2.31. The molecule has 1 aromatic carbocycles. The van der Waals surface area contributed by atoms with E-state index >= 15 is 0 Å². The summed E-state index contributed by atoms with van der Waals surface area (Å²) < 4.78 is 27.9. The van der Waals surface area contributed by atoms with Crippen molar-refractivity contribution in [1.29, 1.82) is 0 Å². The second kappa shape index (κ2) is 8.82. The fourth-order valence-corrected chi connectivity index (χ4v) is 4.93. The summed E-state index contributed by atoms with van der Waals surface area (Å²) in [5.74, 6) is -0.513. The van der Waals surface area contributed by atoms with Crippen molar-refractivity contribution in [3.05, 3.63) is 50.7 Å². The summed E-state index contributed by atoms with van der Waals surface area (Å²) in [5.41, 5.74) is -1.34. The highest BCUT2D eigenvalue weighted by molar-refractivity contribution is 7.92. The second-order valence-corrected chi connectivity index (χ2v) is 10.7. The van der Waals surface area contributed by atoms with Crippen molar-refractivity contribution in [2.24, 2.45) is 16.8 Å². The Labute approximate surface area is 181 Å². The number of sulfone groups is 1. The molecule has 8 nitrogen and oxygen atoms in total. The molecule has 0 fully saturated rings. The summed E-state index contributed by atoms with van der Waals surface area (Å²) in [6.45, 7) is 8.35. The molecule has 2 aromatic rings. The summed E-state index contributed by atoms with van der Waals surface area (Å²) in [5, 5.41) is 10.9. The minimum atomic E-state index is -3.74. The quantitative estimate of drug-likeness (QED) is 0.702. The minimum Gasteiger partial charge on any atom is -0.494 e. The van der Waals surface area contributed by atoms with Gasteiger partial charge in [-0.15, -0.1) is 0 Å². The number of aliphatic imine (C=N–C) groups is 1. The Morgan fingerprint density at radius 1 is 1.00 bits per heavy atom. The zero-order valence-corrected chi connectivity index (χ0v) is 19.1. The largest absolute Gasteiger partial charge is 0.494 e. The standard InChI is InChI=1S/C22H29N3O5S/c1-14(2)9-11-24-20(26)19(21(27)25(22(24)28)12-10-15(3)4)17-13-31(29,30)18-8-6-5-7-16(18)23-17/h5-8,14-15,26H,9-13H2,1-4H3. The molecule has 0 saturated heterocycles. The number of hydrogen-bond acceptors (Lipinski definition) is 6. The van der Waals surface area contributed by atoms with Gasteiger partial charge in [-0.2, -0.15) is 0 Å². The third-order valence-electron chi connectivity index (χ3n) is 5.33. The molecule has 0 amide bonds. The van der Waals surface area contributed by atoms with E-state index in [2.05, 4.69) is 4.99 Å². The van der Waals surface area contributed by atoms with Crippen molar-refractivity contribution in [2.75, 3.05) is 5.75 Å². The lowest BCUT2D eigenvalue weighted by Crippen LogP contribution is -2.44. The van der Waals surface area contributed by atoms with Gasteiger partial charge in [0.25, 0.3) is 5.56 Å². The topological polar surface area (TPSA) is 111 Å². The van der Waals surface area contributed by atoms with Crippen LogP contribution in [0.25, 0.3) is 0 Å². The number of aromatic nitrogens is 2. The monoisotopic (exact) mass is 447 g/mol. The molecule has 0 unspecified atom stereocenters. The zero-order chi connectivity index (χ0) is 22.9. The number of nitrogens with zero attached hydrogens (tertiary/aromatic N) is 3. The van der Waals surface area contributed by atoms with E-state index in [0.29, 0.717) is 12.8 Å². The van der Waals surface area contributed by atoms with Crippen LogP contribution in [-0.4, -0.2) is 34.1 Å². The molecule has 0 aliphatic carbocycles. The van der Waals surface area contributed by atoms with Crippen LogP contribution in [0.3, 0.4) is 0 Å². The molecule has 1 N–H and O–H groups in total. The fourth-order valence-electron chi connectivity index (χ4n) is 3.49. The molecule has 2 heterocycles. The summed E-state index contributed by atoms with van der Waals surface area (Å²) in [6, 6.07) is 6.29. The maximum Gasteiger partial charge on any atom is 0.333 e. The molecule has 9 heteroatoms. The van der Waals surface area contributed by atoms with Gasteiger partial charge in [-0.3, -0.25) is 13.9 Å². The summed E-state index contributed by atoms with van der Waals surface area (Å²) >= 11 is 0. The van der Waals surface area contributed by atoms with Crippen molar-refractivity contribution in [3.63, 3.8) is 0 Å². The van der Waals surface area contributed by atoms with Crippen LogP contribution in [0.2, 0.25) is 0 Å². The van der Waals surface area contributed by atoms with Crippen LogP contribution in [0.5, 0.6) is 5.88 Å². The predicted octanol–water partition coefficient (Wildman–Crippen LogP) is 2.72. The number of fused-ring (bicyclic) bond motifs is 1. The Kier molecular flexibility index (Phi) is 6.54. The molecule has 0 radical (unpaired) electrons. The first-order valence-corrected chi connectivity index (χ1v) is 12.1. The summed E-state index contributed by atoms with van der Waals surface area (Å²) in [7, 11) is -3.74. The third kappa shape index (κ3) is 4.66. The molecule has 1 aliphatic rings. The Hall–Kier alpha value is -2.68. The normalized spacial score (nSPS) is 15.2. The van der Waals surface area contributed by atoms with Crippen LogP contribution in [0.4, 0.5) is 5.69 Å². The molecule has 3 rings (SSSR count). The van der Waals surface area contributed by atoms with Gasteiger partial charge in [0.05, 0.1) is 22.0 Å². The lowest BCUT2D eigenvalue weighted by molar-refractivity contribution is 0.367. The Bertz CT molecular complexity index is 1240. The molecule has 0 saturated carbocycles. The van der Waals surface area contributed by atoms with E-state index in [9.17, 15) is 23.1 Å². The Balaban J connectivity index is 2.25. The molecule has 1 aliphatic heterocycles. The first-order chi connectivity index (χ1) is 14.5. The van der Waals surface area contributed by atoms with Crippen LogP contribution in [0, 0.1) is 11.8 Å². The number of para-hydroxylation sites is 1. The van der Waals surface area contributed by atoms with Gasteiger partial charge in [0, 0.05) is 13.1 Å². The third-order valence-corrected chi connectivity index (χ3v) is 7.00. The van der Waals surface area contributed by atoms with E-state index in [-0.39, 0.29) is 46.8 Å². The van der Waals surface area contributed by atoms with E-state index < -0.39 is 32.7 Å². The first kappa shape index (κ1) is 23.0. The highest BCUT2D eigenvalue weighted by Gasteiger charge is 2.31. The van der Waals surface area contributed by atoms with Crippen LogP contribution < -0.4 is 11.2 Å². The van der Waals surface area contributed by atoms with Gasteiger partial charge < -0.3 is 5.11 Å². The van der Waals surface area contributed by atoms with Crippen molar-refractivity contribution in [3.8, 4) is 5.88 Å². The van der Waals surface area contributed by atoms with E-state index in [1.54, 1.807) is 18.2 Å². The van der Waals surface area contributed by atoms with Crippen LogP contribution in [0.1, 0.15) is 46.1 Å². The maximum atomic E-state index is 13.2. The van der Waals surface area contributed by atoms with E-state index in [4.69, 9.17) is 0 Å². The van der Waals surface area contributed by atoms with Gasteiger partial charge in [0.15, 0.2) is 9.84 Å². The summed E-state index contributed by atoms with van der Waals surface area (Å²) in [6.07, 6.45) is 1.21. The molecule has 1 aromatic heterocycles. The molecule has 31 heavy (non-hydrogen) atoms. The van der Waals surface area contributed by atoms with Gasteiger partial charge >= 0.3 is 5.69 Å². The van der Waals surface area contributed by atoms with Crippen LogP contribution in [-0.2, 0) is 22.9 Å². The molecule has 0 bridgehead atoms. The van der Waals surface area contributed by atoms with Crippen molar-refractivity contribution >= 4 is 21.2 Å². The lowest BCUT2D eigenvalue weighted by Gasteiger charge is -2.20.